The van der Waals surface area contributed by atoms with Crippen LogP contribution in [0.25, 0.3) is 0 Å². The van der Waals surface area contributed by atoms with Gasteiger partial charge < -0.3 is 15.1 Å². The normalized spacial score (nSPS) is 16.5. The van der Waals surface area contributed by atoms with Gasteiger partial charge in [0.1, 0.15) is 5.82 Å². The summed E-state index contributed by atoms with van der Waals surface area (Å²) in [6.45, 7) is 10.4. The minimum Gasteiger partial charge on any atom is -0.368 e. The predicted molar refractivity (Wildman–Crippen MR) is 108 cm³/mol. The molecule has 1 saturated heterocycles. The van der Waals surface area contributed by atoms with Gasteiger partial charge in [-0.05, 0) is 43.2 Å². The number of hydrogen-bond acceptors (Lipinski definition) is 3. The van der Waals surface area contributed by atoms with Gasteiger partial charge in [-0.1, -0.05) is 6.92 Å². The van der Waals surface area contributed by atoms with Crippen molar-refractivity contribution >= 4 is 11.6 Å². The Morgan fingerprint density at radius 2 is 1.96 bits per heavy atom. The molecule has 0 radical (unpaired) electrons. The fraction of sp³-hybridized carbons (Fsp3) is 0.500. The van der Waals surface area contributed by atoms with Gasteiger partial charge in [0.15, 0.2) is 5.96 Å². The van der Waals surface area contributed by atoms with Crippen LogP contribution in [0, 0.1) is 11.7 Å². The zero-order valence-electron chi connectivity index (χ0n) is 16.2. The summed E-state index contributed by atoms with van der Waals surface area (Å²) >= 11 is 0. The lowest BCUT2D eigenvalue weighted by molar-refractivity contribution is 0.369. The molecule has 6 nitrogen and oxygen atoms in total. The van der Waals surface area contributed by atoms with Gasteiger partial charge in [0, 0.05) is 63.9 Å². The summed E-state index contributed by atoms with van der Waals surface area (Å²) in [4.78, 5) is 9.45. The van der Waals surface area contributed by atoms with E-state index in [2.05, 4.69) is 34.1 Å². The third-order valence-corrected chi connectivity index (χ3v) is 4.72. The first-order chi connectivity index (χ1) is 13.2. The van der Waals surface area contributed by atoms with Crippen molar-refractivity contribution in [2.75, 3.05) is 44.2 Å². The number of aromatic nitrogens is 2. The number of piperazine rings is 1. The number of hydrogen-bond donors (Lipinski definition) is 1. The highest BCUT2D eigenvalue weighted by molar-refractivity contribution is 5.80. The summed E-state index contributed by atoms with van der Waals surface area (Å²) < 4.78 is 15.1. The zero-order chi connectivity index (χ0) is 19.1. The minimum absolute atomic E-state index is 0.191. The Labute approximate surface area is 160 Å². The molecular formula is C20H29FN6. The van der Waals surface area contributed by atoms with Crippen LogP contribution < -0.4 is 10.2 Å². The van der Waals surface area contributed by atoms with E-state index in [9.17, 15) is 4.39 Å². The lowest BCUT2D eigenvalue weighted by Gasteiger charge is -2.37. The van der Waals surface area contributed by atoms with Crippen LogP contribution in [-0.4, -0.2) is 59.9 Å². The topological polar surface area (TPSA) is 48.7 Å². The zero-order valence-corrected chi connectivity index (χ0v) is 16.2. The fourth-order valence-corrected chi connectivity index (χ4v) is 3.28. The van der Waals surface area contributed by atoms with E-state index in [0.29, 0.717) is 5.92 Å². The summed E-state index contributed by atoms with van der Waals surface area (Å²) in [7, 11) is 0. The van der Waals surface area contributed by atoms with E-state index in [0.717, 1.165) is 57.5 Å². The van der Waals surface area contributed by atoms with Crippen LogP contribution in [0.4, 0.5) is 10.1 Å². The van der Waals surface area contributed by atoms with Gasteiger partial charge in [-0.2, -0.15) is 5.10 Å². The monoisotopic (exact) mass is 372 g/mol. The molecule has 2 aromatic rings. The molecule has 0 saturated carbocycles. The Kier molecular flexibility index (Phi) is 6.68. The van der Waals surface area contributed by atoms with Crippen molar-refractivity contribution in [2.45, 2.75) is 20.4 Å². The van der Waals surface area contributed by atoms with E-state index >= 15 is 0 Å². The second kappa shape index (κ2) is 9.39. The summed E-state index contributed by atoms with van der Waals surface area (Å²) in [5.74, 6) is 1.20. The second-order valence-electron chi connectivity index (χ2n) is 6.98. The van der Waals surface area contributed by atoms with Crippen LogP contribution in [0.15, 0.2) is 47.7 Å². The van der Waals surface area contributed by atoms with Crippen LogP contribution in [0.3, 0.4) is 0 Å². The van der Waals surface area contributed by atoms with Crippen molar-refractivity contribution in [3.63, 3.8) is 0 Å². The number of halogens is 1. The molecule has 0 amide bonds. The first-order valence-corrected chi connectivity index (χ1v) is 9.67. The van der Waals surface area contributed by atoms with Crippen molar-refractivity contribution in [2.24, 2.45) is 10.9 Å². The Bertz CT molecular complexity index is 705. The largest absolute Gasteiger partial charge is 0.368 e. The van der Waals surface area contributed by atoms with Gasteiger partial charge in [0.2, 0.25) is 0 Å². The fourth-order valence-electron chi connectivity index (χ4n) is 3.28. The first-order valence-electron chi connectivity index (χ1n) is 9.67. The van der Waals surface area contributed by atoms with Gasteiger partial charge in [-0.3, -0.25) is 9.67 Å². The molecule has 27 heavy (non-hydrogen) atoms. The van der Waals surface area contributed by atoms with E-state index in [4.69, 9.17) is 4.99 Å². The van der Waals surface area contributed by atoms with Crippen molar-refractivity contribution in [3.05, 3.63) is 48.5 Å². The van der Waals surface area contributed by atoms with Gasteiger partial charge in [-0.15, -0.1) is 0 Å². The molecule has 7 heteroatoms. The number of aliphatic imine (C=N–C) groups is 1. The molecule has 1 aromatic carbocycles. The highest BCUT2D eigenvalue weighted by atomic mass is 19.1. The van der Waals surface area contributed by atoms with Gasteiger partial charge in [-0.25, -0.2) is 4.39 Å². The van der Waals surface area contributed by atoms with E-state index in [1.807, 2.05) is 29.1 Å². The lowest BCUT2D eigenvalue weighted by Crippen LogP contribution is -2.52. The molecule has 1 unspecified atom stereocenters. The number of nitrogens with zero attached hydrogens (tertiary/aromatic N) is 5. The third kappa shape index (κ3) is 5.45. The molecular weight excluding hydrogens is 343 g/mol. The summed E-state index contributed by atoms with van der Waals surface area (Å²) in [6, 6.07) is 8.69. The molecule has 2 heterocycles. The van der Waals surface area contributed by atoms with E-state index in [1.165, 1.54) is 12.1 Å². The first kappa shape index (κ1) is 19.2. The molecule has 1 aliphatic heterocycles. The molecule has 1 N–H and O–H groups in total. The van der Waals surface area contributed by atoms with E-state index in [-0.39, 0.29) is 5.82 Å². The Morgan fingerprint density at radius 3 is 2.59 bits per heavy atom. The highest BCUT2D eigenvalue weighted by Gasteiger charge is 2.20. The molecule has 1 atom stereocenters. The van der Waals surface area contributed by atoms with Crippen LogP contribution in [0.5, 0.6) is 0 Å². The van der Waals surface area contributed by atoms with Crippen molar-refractivity contribution in [1.29, 1.82) is 0 Å². The molecule has 0 bridgehead atoms. The number of rotatable bonds is 6. The maximum absolute atomic E-state index is 13.1. The minimum atomic E-state index is -0.191. The molecule has 3 rings (SSSR count). The van der Waals surface area contributed by atoms with Crippen LogP contribution in [0.1, 0.15) is 13.8 Å². The number of benzene rings is 1. The average molecular weight is 372 g/mol. The van der Waals surface area contributed by atoms with Gasteiger partial charge in [0.05, 0.1) is 0 Å². The maximum Gasteiger partial charge on any atom is 0.194 e. The number of nitrogens with one attached hydrogen (secondary N) is 1. The Morgan fingerprint density at radius 1 is 1.22 bits per heavy atom. The molecule has 146 valence electrons. The Hall–Kier alpha value is -2.57. The summed E-state index contributed by atoms with van der Waals surface area (Å²) in [6.07, 6.45) is 3.79. The molecule has 0 spiro atoms. The molecule has 1 fully saturated rings. The van der Waals surface area contributed by atoms with Crippen molar-refractivity contribution in [1.82, 2.24) is 20.0 Å². The number of guanidine groups is 1. The van der Waals surface area contributed by atoms with Gasteiger partial charge in [0.25, 0.3) is 0 Å². The SMILES string of the molecule is CCNC(=NCC(C)Cn1cccn1)N1CCN(c2ccc(F)cc2)CC1. The lowest BCUT2D eigenvalue weighted by atomic mass is 10.2. The summed E-state index contributed by atoms with van der Waals surface area (Å²) in [5.41, 5.74) is 1.07. The maximum atomic E-state index is 13.1. The quantitative estimate of drug-likeness (QED) is 0.625. The molecule has 1 aromatic heterocycles. The Balaban J connectivity index is 1.54. The van der Waals surface area contributed by atoms with Crippen LogP contribution in [0.2, 0.25) is 0 Å². The number of anilines is 1. The van der Waals surface area contributed by atoms with E-state index in [1.54, 1.807) is 6.20 Å². The standard InChI is InChI=1S/C20H29FN6/c1-3-22-20(23-15-17(2)16-27-10-4-9-24-27)26-13-11-25(12-14-26)19-7-5-18(21)6-8-19/h4-10,17H,3,11-16H2,1-2H3,(H,22,23). The van der Waals surface area contributed by atoms with Crippen molar-refractivity contribution in [3.8, 4) is 0 Å². The second-order valence-corrected chi connectivity index (χ2v) is 6.98. The smallest absolute Gasteiger partial charge is 0.194 e. The van der Waals surface area contributed by atoms with E-state index < -0.39 is 0 Å². The summed E-state index contributed by atoms with van der Waals surface area (Å²) in [5, 5.41) is 7.68. The highest BCUT2D eigenvalue weighted by Crippen LogP contribution is 2.17. The predicted octanol–water partition coefficient (Wildman–Crippen LogP) is 2.45. The third-order valence-electron chi connectivity index (χ3n) is 4.72. The van der Waals surface area contributed by atoms with Crippen molar-refractivity contribution < 1.29 is 4.39 Å². The molecule has 1 aliphatic rings. The van der Waals surface area contributed by atoms with Gasteiger partial charge >= 0.3 is 0 Å². The molecule has 0 aliphatic carbocycles. The average Bonchev–Trinajstić information content (AvgIpc) is 3.19. The van der Waals surface area contributed by atoms with Crippen LogP contribution in [-0.2, 0) is 6.54 Å². The van der Waals surface area contributed by atoms with Crippen LogP contribution >= 0.6 is 0 Å².